The second-order valence-electron chi connectivity index (χ2n) is 4.79. The highest BCUT2D eigenvalue weighted by Crippen LogP contribution is 2.26. The van der Waals surface area contributed by atoms with Crippen LogP contribution in [0.5, 0.6) is 0 Å². The summed E-state index contributed by atoms with van der Waals surface area (Å²) in [7, 11) is 0. The molecule has 0 bridgehead atoms. The lowest BCUT2D eigenvalue weighted by atomic mass is 9.86. The Morgan fingerprint density at radius 3 is 2.53 bits per heavy atom. The van der Waals surface area contributed by atoms with Gasteiger partial charge in [0.25, 0.3) is 0 Å². The SMILES string of the molecule is CC(C)(C)c1ccc2c(F)nccc2c1. The average Bonchev–Trinajstić information content (AvgIpc) is 2.16. The highest BCUT2D eigenvalue weighted by molar-refractivity contribution is 5.82. The first-order valence-corrected chi connectivity index (χ1v) is 5.03. The molecule has 1 aromatic heterocycles. The van der Waals surface area contributed by atoms with Crippen LogP contribution >= 0.6 is 0 Å². The van der Waals surface area contributed by atoms with Gasteiger partial charge in [-0.2, -0.15) is 4.39 Å². The molecule has 78 valence electrons. The van der Waals surface area contributed by atoms with Gasteiger partial charge in [0, 0.05) is 11.6 Å². The molecule has 0 amide bonds. The van der Waals surface area contributed by atoms with Crippen molar-refractivity contribution in [1.29, 1.82) is 0 Å². The Labute approximate surface area is 89.0 Å². The van der Waals surface area contributed by atoms with Crippen LogP contribution in [0.3, 0.4) is 0 Å². The van der Waals surface area contributed by atoms with Crippen LogP contribution < -0.4 is 0 Å². The van der Waals surface area contributed by atoms with Gasteiger partial charge in [0.1, 0.15) is 0 Å². The Kier molecular flexibility index (Phi) is 2.22. The van der Waals surface area contributed by atoms with E-state index in [0.29, 0.717) is 5.39 Å². The zero-order valence-electron chi connectivity index (χ0n) is 9.21. The molecule has 2 rings (SSSR count). The summed E-state index contributed by atoms with van der Waals surface area (Å²) in [5.41, 5.74) is 1.30. The summed E-state index contributed by atoms with van der Waals surface area (Å²) in [4.78, 5) is 3.63. The smallest absolute Gasteiger partial charge is 0.220 e. The van der Waals surface area contributed by atoms with Crippen LogP contribution in [0.25, 0.3) is 10.8 Å². The summed E-state index contributed by atoms with van der Waals surface area (Å²) in [6.07, 6.45) is 1.50. The van der Waals surface area contributed by atoms with Crippen molar-refractivity contribution in [2.75, 3.05) is 0 Å². The summed E-state index contributed by atoms with van der Waals surface area (Å²) in [5, 5.41) is 1.50. The normalized spacial score (nSPS) is 12.0. The molecule has 0 saturated heterocycles. The van der Waals surface area contributed by atoms with Crippen LogP contribution in [0, 0.1) is 5.95 Å². The van der Waals surface area contributed by atoms with E-state index < -0.39 is 5.95 Å². The molecular weight excluding hydrogens is 189 g/mol. The number of nitrogens with zero attached hydrogens (tertiary/aromatic N) is 1. The zero-order valence-corrected chi connectivity index (χ0v) is 9.21. The Hall–Kier alpha value is -1.44. The van der Waals surface area contributed by atoms with Crippen LogP contribution in [0.4, 0.5) is 4.39 Å². The van der Waals surface area contributed by atoms with Gasteiger partial charge in [0.15, 0.2) is 0 Å². The Morgan fingerprint density at radius 1 is 1.13 bits per heavy atom. The molecule has 1 nitrogen and oxygen atoms in total. The highest BCUT2D eigenvalue weighted by Gasteiger charge is 2.14. The van der Waals surface area contributed by atoms with Gasteiger partial charge in [-0.1, -0.05) is 32.9 Å². The molecule has 1 heterocycles. The molecule has 15 heavy (non-hydrogen) atoms. The molecule has 0 N–H and O–H groups in total. The van der Waals surface area contributed by atoms with Crippen molar-refractivity contribution < 1.29 is 4.39 Å². The fourth-order valence-electron chi connectivity index (χ4n) is 1.61. The van der Waals surface area contributed by atoms with E-state index in [9.17, 15) is 4.39 Å². The van der Waals surface area contributed by atoms with Gasteiger partial charge < -0.3 is 0 Å². The van der Waals surface area contributed by atoms with Crippen molar-refractivity contribution in [2.45, 2.75) is 26.2 Å². The summed E-state index contributed by atoms with van der Waals surface area (Å²) < 4.78 is 13.3. The number of hydrogen-bond donors (Lipinski definition) is 0. The molecule has 0 fully saturated rings. The molecule has 0 aliphatic carbocycles. The molecule has 0 spiro atoms. The molecule has 2 aromatic rings. The topological polar surface area (TPSA) is 12.9 Å². The van der Waals surface area contributed by atoms with Crippen molar-refractivity contribution in [3.05, 3.63) is 42.0 Å². The maximum absolute atomic E-state index is 13.3. The fourth-order valence-corrected chi connectivity index (χ4v) is 1.61. The van der Waals surface area contributed by atoms with Crippen LogP contribution in [0.1, 0.15) is 26.3 Å². The maximum Gasteiger partial charge on any atom is 0.220 e. The van der Waals surface area contributed by atoms with Crippen molar-refractivity contribution in [3.8, 4) is 0 Å². The minimum absolute atomic E-state index is 0.0912. The van der Waals surface area contributed by atoms with E-state index in [4.69, 9.17) is 0 Å². The van der Waals surface area contributed by atoms with Gasteiger partial charge in [-0.3, -0.25) is 0 Å². The van der Waals surface area contributed by atoms with Crippen LogP contribution in [-0.4, -0.2) is 4.98 Å². The van der Waals surface area contributed by atoms with Crippen LogP contribution in [0.15, 0.2) is 30.5 Å². The predicted octanol–water partition coefficient (Wildman–Crippen LogP) is 3.67. The standard InChI is InChI=1S/C13H14FN/c1-13(2,3)10-4-5-11-9(8-10)6-7-15-12(11)14/h4-8H,1-3H3. The molecule has 0 atom stereocenters. The molecule has 0 aliphatic heterocycles. The van der Waals surface area contributed by atoms with Crippen LogP contribution in [-0.2, 0) is 5.41 Å². The number of aromatic nitrogens is 1. The second kappa shape index (κ2) is 3.30. The molecule has 0 unspecified atom stereocenters. The summed E-state index contributed by atoms with van der Waals surface area (Å²) in [6, 6.07) is 7.64. The molecule has 1 aromatic carbocycles. The van der Waals surface area contributed by atoms with E-state index >= 15 is 0 Å². The highest BCUT2D eigenvalue weighted by atomic mass is 19.1. The van der Waals surface area contributed by atoms with Gasteiger partial charge in [-0.25, -0.2) is 4.98 Å². The molecule has 0 radical (unpaired) electrons. The lowest BCUT2D eigenvalue weighted by Crippen LogP contribution is -2.10. The summed E-state index contributed by atoms with van der Waals surface area (Å²) in [6.45, 7) is 6.43. The number of hydrogen-bond acceptors (Lipinski definition) is 1. The Balaban J connectivity index is 2.68. The summed E-state index contributed by atoms with van der Waals surface area (Å²) >= 11 is 0. The molecule has 0 aliphatic rings. The second-order valence-corrected chi connectivity index (χ2v) is 4.79. The van der Waals surface area contributed by atoms with Gasteiger partial charge >= 0.3 is 0 Å². The van der Waals surface area contributed by atoms with Crippen molar-refractivity contribution in [2.24, 2.45) is 0 Å². The minimum Gasteiger partial charge on any atom is -0.228 e. The van der Waals surface area contributed by atoms with Gasteiger partial charge in [-0.15, -0.1) is 0 Å². The first kappa shape index (κ1) is 10.1. The first-order chi connectivity index (χ1) is 6.98. The number of pyridine rings is 1. The largest absolute Gasteiger partial charge is 0.228 e. The predicted molar refractivity (Wildman–Crippen MR) is 60.4 cm³/mol. The lowest BCUT2D eigenvalue weighted by Gasteiger charge is -2.19. The van der Waals surface area contributed by atoms with Crippen molar-refractivity contribution in [3.63, 3.8) is 0 Å². The molecule has 2 heteroatoms. The van der Waals surface area contributed by atoms with Gasteiger partial charge in [0.2, 0.25) is 5.95 Å². The third kappa shape index (κ3) is 1.84. The van der Waals surface area contributed by atoms with Crippen molar-refractivity contribution in [1.82, 2.24) is 4.98 Å². The van der Waals surface area contributed by atoms with E-state index in [1.54, 1.807) is 6.07 Å². The van der Waals surface area contributed by atoms with E-state index in [1.807, 2.05) is 18.2 Å². The third-order valence-electron chi connectivity index (χ3n) is 2.58. The van der Waals surface area contributed by atoms with Crippen LogP contribution in [0.2, 0.25) is 0 Å². The minimum atomic E-state index is -0.395. The summed E-state index contributed by atoms with van der Waals surface area (Å²) in [5.74, 6) is -0.395. The van der Waals surface area contributed by atoms with E-state index in [0.717, 1.165) is 5.39 Å². The third-order valence-corrected chi connectivity index (χ3v) is 2.58. The zero-order chi connectivity index (χ0) is 11.1. The number of benzene rings is 1. The number of halogens is 1. The lowest BCUT2D eigenvalue weighted by molar-refractivity contribution is 0.588. The average molecular weight is 203 g/mol. The molecular formula is C13H14FN. The van der Waals surface area contributed by atoms with E-state index in [1.165, 1.54) is 11.8 Å². The number of fused-ring (bicyclic) bond motifs is 1. The van der Waals surface area contributed by atoms with Gasteiger partial charge in [-0.05, 0) is 28.5 Å². The Bertz CT molecular complexity index is 497. The maximum atomic E-state index is 13.3. The fraction of sp³-hybridized carbons (Fsp3) is 0.308. The van der Waals surface area contributed by atoms with Crippen molar-refractivity contribution >= 4 is 10.8 Å². The first-order valence-electron chi connectivity index (χ1n) is 5.03. The quantitative estimate of drug-likeness (QED) is 0.595. The van der Waals surface area contributed by atoms with E-state index in [-0.39, 0.29) is 5.41 Å². The monoisotopic (exact) mass is 203 g/mol. The van der Waals surface area contributed by atoms with E-state index in [2.05, 4.69) is 25.8 Å². The van der Waals surface area contributed by atoms with Gasteiger partial charge in [0.05, 0.1) is 0 Å². The Morgan fingerprint density at radius 2 is 1.87 bits per heavy atom. The molecule has 0 saturated carbocycles. The number of rotatable bonds is 0.